The molecule has 0 spiro atoms. The second kappa shape index (κ2) is 4.29. The number of aromatic amines is 1. The third-order valence-corrected chi connectivity index (χ3v) is 2.94. The van der Waals surface area contributed by atoms with E-state index in [0.29, 0.717) is 12.2 Å². The van der Waals surface area contributed by atoms with E-state index < -0.39 is 6.10 Å². The average molecular weight is 221 g/mol. The van der Waals surface area contributed by atoms with Gasteiger partial charge in [0.25, 0.3) is 0 Å². The Labute approximate surface area is 94.7 Å². The number of aromatic nitrogens is 1. The van der Waals surface area contributed by atoms with Gasteiger partial charge in [-0.05, 0) is 25.2 Å². The van der Waals surface area contributed by atoms with Crippen molar-refractivity contribution in [3.8, 4) is 0 Å². The molecule has 1 heterocycles. The van der Waals surface area contributed by atoms with E-state index in [1.807, 2.05) is 31.2 Å². The van der Waals surface area contributed by atoms with Crippen LogP contribution in [-0.4, -0.2) is 15.8 Å². The molecule has 80 valence electrons. The van der Waals surface area contributed by atoms with Crippen LogP contribution in [0.5, 0.6) is 0 Å². The largest absolute Gasteiger partial charge is 0.388 e. The van der Waals surface area contributed by atoms with Crippen LogP contribution in [0.25, 0.3) is 10.9 Å². The SMILES string of the molecule is Cc1[nH]c2ccccc2c1C(O)CCS. The van der Waals surface area contributed by atoms with Gasteiger partial charge in [0.1, 0.15) is 0 Å². The number of para-hydroxylation sites is 1. The van der Waals surface area contributed by atoms with Gasteiger partial charge in [-0.3, -0.25) is 0 Å². The topological polar surface area (TPSA) is 36.0 Å². The van der Waals surface area contributed by atoms with E-state index in [-0.39, 0.29) is 0 Å². The Kier molecular flexibility index (Phi) is 3.03. The Morgan fingerprint density at radius 2 is 2.13 bits per heavy atom. The molecule has 0 aliphatic carbocycles. The van der Waals surface area contributed by atoms with Gasteiger partial charge in [0.05, 0.1) is 6.10 Å². The highest BCUT2D eigenvalue weighted by molar-refractivity contribution is 7.80. The predicted octanol–water partition coefficient (Wildman–Crippen LogP) is 2.83. The molecule has 2 N–H and O–H groups in total. The zero-order valence-corrected chi connectivity index (χ0v) is 9.59. The second-order valence-corrected chi connectivity index (χ2v) is 4.18. The number of rotatable bonds is 3. The van der Waals surface area contributed by atoms with Crippen LogP contribution >= 0.6 is 12.6 Å². The van der Waals surface area contributed by atoms with E-state index in [1.165, 1.54) is 0 Å². The number of H-pyrrole nitrogens is 1. The predicted molar refractivity (Wildman–Crippen MR) is 66.5 cm³/mol. The van der Waals surface area contributed by atoms with Crippen molar-refractivity contribution in [2.75, 3.05) is 5.75 Å². The van der Waals surface area contributed by atoms with E-state index in [2.05, 4.69) is 17.6 Å². The molecule has 1 atom stereocenters. The Morgan fingerprint density at radius 1 is 1.40 bits per heavy atom. The lowest BCUT2D eigenvalue weighted by molar-refractivity contribution is 0.176. The van der Waals surface area contributed by atoms with Crippen LogP contribution in [0, 0.1) is 6.92 Å². The van der Waals surface area contributed by atoms with Crippen LogP contribution in [0.4, 0.5) is 0 Å². The second-order valence-electron chi connectivity index (χ2n) is 3.74. The highest BCUT2D eigenvalue weighted by Gasteiger charge is 2.15. The Morgan fingerprint density at radius 3 is 2.87 bits per heavy atom. The molecule has 0 bridgehead atoms. The first kappa shape index (κ1) is 10.6. The number of aliphatic hydroxyl groups excluding tert-OH is 1. The van der Waals surface area contributed by atoms with Gasteiger partial charge in [-0.25, -0.2) is 0 Å². The minimum Gasteiger partial charge on any atom is -0.388 e. The van der Waals surface area contributed by atoms with E-state index in [1.54, 1.807) is 0 Å². The fourth-order valence-corrected chi connectivity index (χ4v) is 2.24. The monoisotopic (exact) mass is 221 g/mol. The molecule has 2 aromatic rings. The molecule has 0 fully saturated rings. The van der Waals surface area contributed by atoms with Gasteiger partial charge >= 0.3 is 0 Å². The molecule has 0 saturated heterocycles. The van der Waals surface area contributed by atoms with Crippen molar-refractivity contribution in [1.29, 1.82) is 0 Å². The highest BCUT2D eigenvalue weighted by Crippen LogP contribution is 2.29. The molecule has 0 radical (unpaired) electrons. The highest BCUT2D eigenvalue weighted by atomic mass is 32.1. The normalized spacial score (nSPS) is 13.3. The summed E-state index contributed by atoms with van der Waals surface area (Å²) in [5.41, 5.74) is 3.15. The summed E-state index contributed by atoms with van der Waals surface area (Å²) in [4.78, 5) is 3.28. The molecule has 0 aliphatic rings. The lowest BCUT2D eigenvalue weighted by Crippen LogP contribution is -1.99. The number of thiol groups is 1. The van der Waals surface area contributed by atoms with E-state index >= 15 is 0 Å². The number of hydrogen-bond acceptors (Lipinski definition) is 2. The van der Waals surface area contributed by atoms with Crippen molar-refractivity contribution in [3.63, 3.8) is 0 Å². The fraction of sp³-hybridized carbons (Fsp3) is 0.333. The van der Waals surface area contributed by atoms with Gasteiger partial charge in [-0.2, -0.15) is 12.6 Å². The van der Waals surface area contributed by atoms with Crippen LogP contribution < -0.4 is 0 Å². The van der Waals surface area contributed by atoms with Crippen molar-refractivity contribution in [2.45, 2.75) is 19.4 Å². The maximum Gasteiger partial charge on any atom is 0.0821 e. The summed E-state index contributed by atoms with van der Waals surface area (Å²) >= 11 is 4.15. The number of hydrogen-bond donors (Lipinski definition) is 3. The summed E-state index contributed by atoms with van der Waals surface area (Å²) in [6.07, 6.45) is 0.268. The summed E-state index contributed by atoms with van der Waals surface area (Å²) in [5.74, 6) is 0.695. The molecule has 1 unspecified atom stereocenters. The van der Waals surface area contributed by atoms with Crippen molar-refractivity contribution < 1.29 is 5.11 Å². The number of aliphatic hydroxyl groups is 1. The van der Waals surface area contributed by atoms with E-state index in [0.717, 1.165) is 22.2 Å². The Balaban J connectivity index is 2.53. The number of fused-ring (bicyclic) bond motifs is 1. The van der Waals surface area contributed by atoms with Crippen LogP contribution in [0.2, 0.25) is 0 Å². The zero-order valence-electron chi connectivity index (χ0n) is 8.70. The molecule has 1 aromatic heterocycles. The Bertz CT molecular complexity index is 464. The van der Waals surface area contributed by atoms with Gasteiger partial charge in [0.15, 0.2) is 0 Å². The summed E-state index contributed by atoms with van der Waals surface area (Å²) in [6.45, 7) is 2.00. The molecule has 0 saturated carbocycles. The van der Waals surface area contributed by atoms with Gasteiger partial charge in [0.2, 0.25) is 0 Å². The van der Waals surface area contributed by atoms with Crippen molar-refractivity contribution in [1.82, 2.24) is 4.98 Å². The quantitative estimate of drug-likeness (QED) is 0.685. The third kappa shape index (κ3) is 1.90. The first-order chi connectivity index (χ1) is 7.24. The number of benzene rings is 1. The van der Waals surface area contributed by atoms with Gasteiger partial charge in [-0.15, -0.1) is 0 Å². The molecule has 0 aliphatic heterocycles. The standard InChI is InChI=1S/C12H15NOS/c1-8-12(11(14)6-7-15)9-4-2-3-5-10(9)13-8/h2-5,11,13-15H,6-7H2,1H3. The molecular weight excluding hydrogens is 206 g/mol. The molecule has 2 rings (SSSR count). The maximum atomic E-state index is 10.0. The van der Waals surface area contributed by atoms with E-state index in [4.69, 9.17) is 0 Å². The summed E-state index contributed by atoms with van der Waals surface area (Å²) < 4.78 is 0. The van der Waals surface area contributed by atoms with Crippen LogP contribution in [0.3, 0.4) is 0 Å². The van der Waals surface area contributed by atoms with Crippen LogP contribution in [0.15, 0.2) is 24.3 Å². The van der Waals surface area contributed by atoms with Gasteiger partial charge in [-0.1, -0.05) is 18.2 Å². The summed E-state index contributed by atoms with van der Waals surface area (Å²) in [5, 5.41) is 11.1. The minimum absolute atomic E-state index is 0.418. The van der Waals surface area contributed by atoms with E-state index in [9.17, 15) is 5.11 Å². The molecule has 1 aromatic carbocycles. The van der Waals surface area contributed by atoms with Crippen molar-refractivity contribution >= 4 is 23.5 Å². The first-order valence-electron chi connectivity index (χ1n) is 5.10. The fourth-order valence-electron chi connectivity index (χ4n) is 1.99. The summed E-state index contributed by atoms with van der Waals surface area (Å²) in [7, 11) is 0. The molecule has 3 heteroatoms. The lowest BCUT2D eigenvalue weighted by atomic mass is 10.0. The molecule has 2 nitrogen and oxygen atoms in total. The van der Waals surface area contributed by atoms with Crippen molar-refractivity contribution in [2.24, 2.45) is 0 Å². The average Bonchev–Trinajstić information content (AvgIpc) is 2.54. The molecular formula is C12H15NOS. The summed E-state index contributed by atoms with van der Waals surface area (Å²) in [6, 6.07) is 8.05. The number of nitrogens with one attached hydrogen (secondary N) is 1. The van der Waals surface area contributed by atoms with Crippen molar-refractivity contribution in [3.05, 3.63) is 35.5 Å². The molecule has 15 heavy (non-hydrogen) atoms. The maximum absolute atomic E-state index is 10.0. The minimum atomic E-state index is -0.418. The zero-order chi connectivity index (χ0) is 10.8. The Hall–Kier alpha value is -0.930. The lowest BCUT2D eigenvalue weighted by Gasteiger charge is -2.09. The van der Waals surface area contributed by atoms with Gasteiger partial charge < -0.3 is 10.1 Å². The number of aryl methyl sites for hydroxylation is 1. The van der Waals surface area contributed by atoms with Crippen LogP contribution in [-0.2, 0) is 0 Å². The first-order valence-corrected chi connectivity index (χ1v) is 5.73. The smallest absolute Gasteiger partial charge is 0.0821 e. The molecule has 0 amide bonds. The third-order valence-electron chi connectivity index (χ3n) is 2.68. The van der Waals surface area contributed by atoms with Crippen LogP contribution in [0.1, 0.15) is 23.8 Å². The van der Waals surface area contributed by atoms with Gasteiger partial charge in [0, 0.05) is 22.2 Å².